The summed E-state index contributed by atoms with van der Waals surface area (Å²) in [7, 11) is 0. The summed E-state index contributed by atoms with van der Waals surface area (Å²) in [6.45, 7) is 2.35. The summed E-state index contributed by atoms with van der Waals surface area (Å²) in [6.07, 6.45) is 1.04. The Balaban J connectivity index is 1.74. The van der Waals surface area contributed by atoms with Crippen molar-refractivity contribution < 1.29 is 10.2 Å². The van der Waals surface area contributed by atoms with Crippen molar-refractivity contribution in [1.82, 2.24) is 9.55 Å². The summed E-state index contributed by atoms with van der Waals surface area (Å²) in [4.78, 5) is 4.42. The lowest BCUT2D eigenvalue weighted by molar-refractivity contribution is 0.148. The van der Waals surface area contributed by atoms with Gasteiger partial charge in [-0.2, -0.15) is 0 Å². The van der Waals surface area contributed by atoms with Crippen LogP contribution in [0.4, 0.5) is 0 Å². The molecule has 25 heavy (non-hydrogen) atoms. The molecule has 0 aliphatic heterocycles. The molecule has 0 spiro atoms. The number of aryl methyl sites for hydroxylation is 1. The predicted molar refractivity (Wildman–Crippen MR) is 100 cm³/mol. The number of benzene rings is 2. The molecule has 2 N–H and O–H groups in total. The highest BCUT2D eigenvalue weighted by molar-refractivity contribution is 7.98. The second-order valence-corrected chi connectivity index (χ2v) is 6.94. The first kappa shape index (κ1) is 17.7. The van der Waals surface area contributed by atoms with Crippen molar-refractivity contribution in [3.05, 3.63) is 83.2 Å². The van der Waals surface area contributed by atoms with Gasteiger partial charge in [0.25, 0.3) is 0 Å². The Morgan fingerprint density at radius 1 is 1.08 bits per heavy atom. The lowest BCUT2D eigenvalue weighted by atomic mass is 10.1. The molecule has 5 heteroatoms. The molecule has 1 unspecified atom stereocenters. The van der Waals surface area contributed by atoms with Crippen molar-refractivity contribution in [3.8, 4) is 0 Å². The highest BCUT2D eigenvalue weighted by Crippen LogP contribution is 2.26. The molecule has 130 valence electrons. The van der Waals surface area contributed by atoms with E-state index < -0.39 is 6.10 Å². The van der Waals surface area contributed by atoms with Crippen LogP contribution in [0.1, 0.15) is 28.5 Å². The summed E-state index contributed by atoms with van der Waals surface area (Å²) < 4.78 is 1.90. The van der Waals surface area contributed by atoms with Gasteiger partial charge in [0.05, 0.1) is 31.1 Å². The van der Waals surface area contributed by atoms with Crippen LogP contribution in [0.2, 0.25) is 0 Å². The van der Waals surface area contributed by atoms with E-state index in [2.05, 4.69) is 36.2 Å². The van der Waals surface area contributed by atoms with E-state index in [1.165, 1.54) is 11.1 Å². The first-order chi connectivity index (χ1) is 12.2. The second-order valence-electron chi connectivity index (χ2n) is 6.00. The molecule has 3 rings (SSSR count). The molecule has 0 fully saturated rings. The van der Waals surface area contributed by atoms with Crippen molar-refractivity contribution in [2.75, 3.05) is 0 Å². The maximum Gasteiger partial charge on any atom is 0.168 e. The maximum atomic E-state index is 10.5. The SMILES string of the molecule is Cc1ccc(CSc2ncc(CO)n2CC(O)c2ccccc2)cc1. The zero-order valence-electron chi connectivity index (χ0n) is 14.2. The van der Waals surface area contributed by atoms with Crippen molar-refractivity contribution >= 4 is 11.8 Å². The number of rotatable bonds is 7. The average molecular weight is 354 g/mol. The number of nitrogens with zero attached hydrogens (tertiary/aromatic N) is 2. The van der Waals surface area contributed by atoms with E-state index in [0.29, 0.717) is 12.2 Å². The third-order valence-electron chi connectivity index (χ3n) is 4.09. The van der Waals surface area contributed by atoms with Gasteiger partial charge in [0.15, 0.2) is 5.16 Å². The zero-order valence-corrected chi connectivity index (χ0v) is 15.0. The molecular formula is C20H22N2O2S. The van der Waals surface area contributed by atoms with Gasteiger partial charge in [-0.05, 0) is 18.1 Å². The molecule has 1 aromatic heterocycles. The van der Waals surface area contributed by atoms with Crippen LogP contribution in [0.25, 0.3) is 0 Å². The molecule has 2 aromatic carbocycles. The van der Waals surface area contributed by atoms with Gasteiger partial charge in [-0.25, -0.2) is 4.98 Å². The Hall–Kier alpha value is -2.08. The number of hydrogen-bond donors (Lipinski definition) is 2. The van der Waals surface area contributed by atoms with Crippen LogP contribution in [0.15, 0.2) is 66.0 Å². The number of aliphatic hydroxyl groups is 2. The maximum absolute atomic E-state index is 10.5. The molecule has 1 atom stereocenters. The fourth-order valence-corrected chi connectivity index (χ4v) is 3.58. The lowest BCUT2D eigenvalue weighted by Gasteiger charge is -2.16. The van der Waals surface area contributed by atoms with E-state index in [-0.39, 0.29) is 6.61 Å². The number of hydrogen-bond acceptors (Lipinski definition) is 4. The number of thioether (sulfide) groups is 1. The van der Waals surface area contributed by atoms with Crippen LogP contribution in [-0.4, -0.2) is 19.8 Å². The summed E-state index contributed by atoms with van der Waals surface area (Å²) in [5.74, 6) is 0.795. The van der Waals surface area contributed by atoms with Crippen LogP contribution in [-0.2, 0) is 18.9 Å². The van der Waals surface area contributed by atoms with E-state index in [1.807, 2.05) is 34.9 Å². The molecule has 0 radical (unpaired) electrons. The molecule has 1 heterocycles. The van der Waals surface area contributed by atoms with Gasteiger partial charge in [0.2, 0.25) is 0 Å². The van der Waals surface area contributed by atoms with E-state index in [0.717, 1.165) is 16.5 Å². The fraction of sp³-hybridized carbons (Fsp3) is 0.250. The normalized spacial score (nSPS) is 12.3. The number of aromatic nitrogens is 2. The van der Waals surface area contributed by atoms with Crippen LogP contribution in [0.5, 0.6) is 0 Å². The fourth-order valence-electron chi connectivity index (χ4n) is 2.61. The van der Waals surface area contributed by atoms with E-state index in [1.54, 1.807) is 18.0 Å². The molecule has 0 saturated carbocycles. The van der Waals surface area contributed by atoms with Crippen LogP contribution < -0.4 is 0 Å². The molecule has 3 aromatic rings. The number of aliphatic hydroxyl groups excluding tert-OH is 2. The molecule has 0 amide bonds. The quantitative estimate of drug-likeness (QED) is 0.635. The highest BCUT2D eigenvalue weighted by atomic mass is 32.2. The van der Waals surface area contributed by atoms with Gasteiger partial charge >= 0.3 is 0 Å². The average Bonchev–Trinajstić information content (AvgIpc) is 3.03. The van der Waals surface area contributed by atoms with Crippen molar-refractivity contribution in [2.45, 2.75) is 37.1 Å². The minimum Gasteiger partial charge on any atom is -0.390 e. The van der Waals surface area contributed by atoms with Gasteiger partial charge < -0.3 is 14.8 Å². The van der Waals surface area contributed by atoms with Crippen LogP contribution in [0.3, 0.4) is 0 Å². The van der Waals surface area contributed by atoms with Crippen molar-refractivity contribution in [1.29, 1.82) is 0 Å². The monoisotopic (exact) mass is 354 g/mol. The van der Waals surface area contributed by atoms with E-state index >= 15 is 0 Å². The molecule has 0 saturated heterocycles. The van der Waals surface area contributed by atoms with Crippen molar-refractivity contribution in [2.24, 2.45) is 0 Å². The van der Waals surface area contributed by atoms with E-state index in [4.69, 9.17) is 0 Å². The molecule has 4 nitrogen and oxygen atoms in total. The van der Waals surface area contributed by atoms with Crippen LogP contribution >= 0.6 is 11.8 Å². The molecular weight excluding hydrogens is 332 g/mol. The third kappa shape index (κ3) is 4.51. The summed E-state index contributed by atoms with van der Waals surface area (Å²) >= 11 is 1.61. The van der Waals surface area contributed by atoms with Crippen molar-refractivity contribution in [3.63, 3.8) is 0 Å². The minimum atomic E-state index is -0.639. The highest BCUT2D eigenvalue weighted by Gasteiger charge is 2.15. The van der Waals surface area contributed by atoms with Gasteiger partial charge in [0.1, 0.15) is 0 Å². The summed E-state index contributed by atoms with van der Waals surface area (Å²) in [5.41, 5.74) is 4.03. The Morgan fingerprint density at radius 2 is 1.80 bits per heavy atom. The van der Waals surface area contributed by atoms with Crippen LogP contribution in [0, 0.1) is 6.92 Å². The summed E-state index contributed by atoms with van der Waals surface area (Å²) in [6, 6.07) is 18.0. The Kier molecular flexibility index (Phi) is 5.91. The first-order valence-corrected chi connectivity index (χ1v) is 9.22. The lowest BCUT2D eigenvalue weighted by Crippen LogP contribution is -2.12. The molecule has 0 aliphatic carbocycles. The van der Waals surface area contributed by atoms with Gasteiger partial charge in [0, 0.05) is 5.75 Å². The third-order valence-corrected chi connectivity index (χ3v) is 5.15. The minimum absolute atomic E-state index is 0.0976. The Bertz CT molecular complexity index is 800. The Labute approximate surface area is 152 Å². The van der Waals surface area contributed by atoms with E-state index in [9.17, 15) is 10.2 Å². The molecule has 0 aliphatic rings. The smallest absolute Gasteiger partial charge is 0.168 e. The summed E-state index contributed by atoms with van der Waals surface area (Å²) in [5, 5.41) is 20.9. The Morgan fingerprint density at radius 3 is 2.48 bits per heavy atom. The van der Waals surface area contributed by atoms with Gasteiger partial charge in [-0.15, -0.1) is 0 Å². The number of imidazole rings is 1. The molecule has 0 bridgehead atoms. The topological polar surface area (TPSA) is 58.3 Å². The van der Waals surface area contributed by atoms with Gasteiger partial charge in [-0.1, -0.05) is 71.9 Å². The predicted octanol–water partition coefficient (Wildman–Crippen LogP) is 3.71. The zero-order chi connectivity index (χ0) is 17.6. The van der Waals surface area contributed by atoms with Gasteiger partial charge in [-0.3, -0.25) is 0 Å². The standard InChI is InChI=1S/C20H22N2O2S/c1-15-7-9-16(10-8-15)14-25-20-21-11-18(13-23)22(20)12-19(24)17-5-3-2-4-6-17/h2-11,19,23-24H,12-14H2,1H3. The largest absolute Gasteiger partial charge is 0.390 e. The first-order valence-electron chi connectivity index (χ1n) is 8.24. The second kappa shape index (κ2) is 8.34.